The van der Waals surface area contributed by atoms with Crippen LogP contribution in [-0.2, 0) is 0 Å². The lowest BCUT2D eigenvalue weighted by atomic mass is 9.96. The Balaban J connectivity index is 2.15. The number of hydrogen-bond acceptors (Lipinski definition) is 3. The molecule has 1 atom stereocenters. The third kappa shape index (κ3) is 2.34. The summed E-state index contributed by atoms with van der Waals surface area (Å²) in [6.45, 7) is 1.56. The van der Waals surface area contributed by atoms with Crippen molar-refractivity contribution in [1.82, 2.24) is 9.88 Å². The molecule has 2 rings (SSSR count). The minimum absolute atomic E-state index is 0.395. The number of aromatic nitrogens is 1. The molecule has 0 aromatic carbocycles. The van der Waals surface area contributed by atoms with Crippen molar-refractivity contribution in [2.45, 2.75) is 25.3 Å². The highest BCUT2D eigenvalue weighted by Gasteiger charge is 2.23. The summed E-state index contributed by atoms with van der Waals surface area (Å²) in [4.78, 5) is 6.40. The number of pyridine rings is 1. The first-order valence-corrected chi connectivity index (χ1v) is 5.43. The van der Waals surface area contributed by atoms with Gasteiger partial charge in [-0.2, -0.15) is 5.26 Å². The van der Waals surface area contributed by atoms with Crippen molar-refractivity contribution in [1.29, 1.82) is 5.26 Å². The fourth-order valence-corrected chi connectivity index (χ4v) is 2.22. The summed E-state index contributed by atoms with van der Waals surface area (Å²) in [5, 5.41) is 8.78. The molecule has 1 aliphatic heterocycles. The van der Waals surface area contributed by atoms with Crippen LogP contribution in [0, 0.1) is 11.3 Å². The number of piperidine rings is 1. The molecule has 1 aromatic heterocycles. The van der Waals surface area contributed by atoms with E-state index in [1.807, 2.05) is 12.3 Å². The lowest BCUT2D eigenvalue weighted by molar-refractivity contribution is 0.168. The fourth-order valence-electron chi connectivity index (χ4n) is 2.22. The summed E-state index contributed by atoms with van der Waals surface area (Å²) in [6.07, 6.45) is 7.31. The van der Waals surface area contributed by atoms with E-state index < -0.39 is 0 Å². The number of nitriles is 1. The molecule has 1 fully saturated rings. The lowest BCUT2D eigenvalue weighted by Gasteiger charge is -2.33. The molecule has 15 heavy (non-hydrogen) atoms. The molecule has 3 heteroatoms. The Bertz CT molecular complexity index is 342. The molecule has 1 aliphatic rings. The molecule has 1 aromatic rings. The minimum atomic E-state index is 0.395. The van der Waals surface area contributed by atoms with Crippen molar-refractivity contribution < 1.29 is 0 Å². The largest absolute Gasteiger partial charge is 0.283 e. The zero-order valence-corrected chi connectivity index (χ0v) is 8.76. The average Bonchev–Trinajstić information content (AvgIpc) is 2.31. The third-order valence-corrected chi connectivity index (χ3v) is 2.96. The number of likely N-dealkylation sites (tertiary alicyclic amines) is 1. The Morgan fingerprint density at radius 1 is 1.53 bits per heavy atom. The second-order valence-electron chi connectivity index (χ2n) is 3.93. The molecular weight excluding hydrogens is 186 g/mol. The third-order valence-electron chi connectivity index (χ3n) is 2.96. The monoisotopic (exact) mass is 201 g/mol. The normalized spacial score (nSPS) is 22.2. The summed E-state index contributed by atoms with van der Waals surface area (Å²) < 4.78 is 0. The first kappa shape index (κ1) is 10.1. The van der Waals surface area contributed by atoms with Gasteiger partial charge in [-0.15, -0.1) is 0 Å². The van der Waals surface area contributed by atoms with E-state index >= 15 is 0 Å². The summed E-state index contributed by atoms with van der Waals surface area (Å²) in [7, 11) is 0. The molecule has 0 aliphatic carbocycles. The summed E-state index contributed by atoms with van der Waals surface area (Å²) in [6, 6.07) is 6.71. The zero-order chi connectivity index (χ0) is 10.5. The maximum Gasteiger partial charge on any atom is 0.0871 e. The average molecular weight is 201 g/mol. The van der Waals surface area contributed by atoms with E-state index in [-0.39, 0.29) is 0 Å². The SMILES string of the molecule is N#CCN1CCCC[C@@H]1c1cccnc1. The van der Waals surface area contributed by atoms with Gasteiger partial charge < -0.3 is 0 Å². The van der Waals surface area contributed by atoms with Gasteiger partial charge in [-0.05, 0) is 31.0 Å². The van der Waals surface area contributed by atoms with Gasteiger partial charge in [-0.1, -0.05) is 12.5 Å². The van der Waals surface area contributed by atoms with Gasteiger partial charge in [0.15, 0.2) is 0 Å². The molecular formula is C12H15N3. The maximum absolute atomic E-state index is 8.78. The smallest absolute Gasteiger partial charge is 0.0871 e. The van der Waals surface area contributed by atoms with E-state index in [1.165, 1.54) is 18.4 Å². The summed E-state index contributed by atoms with van der Waals surface area (Å²) in [5.41, 5.74) is 1.24. The highest BCUT2D eigenvalue weighted by atomic mass is 15.2. The van der Waals surface area contributed by atoms with Gasteiger partial charge in [0.2, 0.25) is 0 Å². The van der Waals surface area contributed by atoms with Crippen LogP contribution in [0.4, 0.5) is 0 Å². The van der Waals surface area contributed by atoms with E-state index in [0.717, 1.165) is 13.0 Å². The highest BCUT2D eigenvalue weighted by molar-refractivity contribution is 5.15. The van der Waals surface area contributed by atoms with Crippen molar-refractivity contribution in [3.63, 3.8) is 0 Å². The zero-order valence-electron chi connectivity index (χ0n) is 8.76. The van der Waals surface area contributed by atoms with Gasteiger partial charge in [0, 0.05) is 18.4 Å². The van der Waals surface area contributed by atoms with E-state index in [9.17, 15) is 0 Å². The molecule has 3 nitrogen and oxygen atoms in total. The summed E-state index contributed by atoms with van der Waals surface area (Å²) in [5.74, 6) is 0. The van der Waals surface area contributed by atoms with Gasteiger partial charge >= 0.3 is 0 Å². The van der Waals surface area contributed by atoms with Crippen LogP contribution in [-0.4, -0.2) is 23.0 Å². The van der Waals surface area contributed by atoms with Crippen LogP contribution in [0.15, 0.2) is 24.5 Å². The van der Waals surface area contributed by atoms with Gasteiger partial charge in [-0.25, -0.2) is 0 Å². The molecule has 0 amide bonds. The van der Waals surface area contributed by atoms with Gasteiger partial charge in [-0.3, -0.25) is 9.88 Å². The van der Waals surface area contributed by atoms with Crippen molar-refractivity contribution in [2.75, 3.05) is 13.1 Å². The fraction of sp³-hybridized carbons (Fsp3) is 0.500. The first-order chi connectivity index (χ1) is 7.42. The molecule has 0 spiro atoms. The second-order valence-corrected chi connectivity index (χ2v) is 3.93. The van der Waals surface area contributed by atoms with Gasteiger partial charge in [0.05, 0.1) is 12.6 Å². The number of rotatable bonds is 2. The van der Waals surface area contributed by atoms with Crippen LogP contribution in [0.3, 0.4) is 0 Å². The number of nitrogens with zero attached hydrogens (tertiary/aromatic N) is 3. The van der Waals surface area contributed by atoms with Crippen LogP contribution in [0.25, 0.3) is 0 Å². The van der Waals surface area contributed by atoms with Crippen molar-refractivity contribution >= 4 is 0 Å². The molecule has 78 valence electrons. The van der Waals surface area contributed by atoms with Crippen molar-refractivity contribution in [2.24, 2.45) is 0 Å². The minimum Gasteiger partial charge on any atom is -0.283 e. The van der Waals surface area contributed by atoms with Gasteiger partial charge in [0.1, 0.15) is 0 Å². The van der Waals surface area contributed by atoms with E-state index in [4.69, 9.17) is 5.26 Å². The quantitative estimate of drug-likeness (QED) is 0.688. The van der Waals surface area contributed by atoms with Crippen LogP contribution in [0.5, 0.6) is 0 Å². The topological polar surface area (TPSA) is 39.9 Å². The van der Waals surface area contributed by atoms with E-state index in [1.54, 1.807) is 6.20 Å². The predicted octanol–water partition coefficient (Wildman–Crippen LogP) is 2.13. The number of hydrogen-bond donors (Lipinski definition) is 0. The molecule has 2 heterocycles. The Morgan fingerprint density at radius 2 is 2.47 bits per heavy atom. The Hall–Kier alpha value is -1.40. The molecule has 0 bridgehead atoms. The lowest BCUT2D eigenvalue weighted by Crippen LogP contribution is -2.33. The van der Waals surface area contributed by atoms with Crippen LogP contribution < -0.4 is 0 Å². The highest BCUT2D eigenvalue weighted by Crippen LogP contribution is 2.29. The van der Waals surface area contributed by atoms with E-state index in [2.05, 4.69) is 22.0 Å². The molecule has 0 radical (unpaired) electrons. The van der Waals surface area contributed by atoms with E-state index in [0.29, 0.717) is 12.6 Å². The molecule has 0 N–H and O–H groups in total. The molecule has 0 saturated carbocycles. The molecule has 1 saturated heterocycles. The summed E-state index contributed by atoms with van der Waals surface area (Å²) >= 11 is 0. The Labute approximate surface area is 90.4 Å². The second kappa shape index (κ2) is 4.90. The van der Waals surface area contributed by atoms with Crippen molar-refractivity contribution in [3.05, 3.63) is 30.1 Å². The van der Waals surface area contributed by atoms with Crippen LogP contribution >= 0.6 is 0 Å². The van der Waals surface area contributed by atoms with Crippen LogP contribution in [0.1, 0.15) is 30.9 Å². The van der Waals surface area contributed by atoms with Gasteiger partial charge in [0.25, 0.3) is 0 Å². The Morgan fingerprint density at radius 3 is 3.20 bits per heavy atom. The molecule has 0 unspecified atom stereocenters. The van der Waals surface area contributed by atoms with Crippen molar-refractivity contribution in [3.8, 4) is 6.07 Å². The Kier molecular flexibility index (Phi) is 3.31. The standard InChI is InChI=1S/C12H15N3/c13-6-9-15-8-2-1-5-12(15)11-4-3-7-14-10-11/h3-4,7,10,12H,1-2,5,8-9H2/t12-/m1/s1. The first-order valence-electron chi connectivity index (χ1n) is 5.43. The maximum atomic E-state index is 8.78. The predicted molar refractivity (Wildman–Crippen MR) is 58.0 cm³/mol. The van der Waals surface area contributed by atoms with Crippen LogP contribution in [0.2, 0.25) is 0 Å².